The summed E-state index contributed by atoms with van der Waals surface area (Å²) < 4.78 is 0. The second kappa shape index (κ2) is 6.14. The minimum atomic E-state index is -0.726. The molecule has 1 unspecified atom stereocenters. The fraction of sp³-hybridized carbons (Fsp3) is 0.500. The standard InChI is InChI=1S/C18H24N2O3/c1-6-18(4,5)20(13(3)21)15-11-16(22)19(17(15)23)14-9-7-12(2)8-10-14/h7-10,15H,6,11H2,1-5H3. The number of hydrogen-bond acceptors (Lipinski definition) is 3. The van der Waals surface area contributed by atoms with Crippen LogP contribution in [0.2, 0.25) is 0 Å². The van der Waals surface area contributed by atoms with E-state index in [9.17, 15) is 14.4 Å². The number of benzene rings is 1. The highest BCUT2D eigenvalue weighted by Crippen LogP contribution is 2.31. The highest BCUT2D eigenvalue weighted by Gasteiger charge is 2.47. The average Bonchev–Trinajstić information content (AvgIpc) is 2.75. The van der Waals surface area contributed by atoms with Crippen LogP contribution in [0.5, 0.6) is 0 Å². The third-order valence-corrected chi connectivity index (χ3v) is 4.58. The Hall–Kier alpha value is -2.17. The van der Waals surface area contributed by atoms with Gasteiger partial charge in [0, 0.05) is 12.5 Å². The topological polar surface area (TPSA) is 57.7 Å². The molecule has 5 heteroatoms. The SMILES string of the molecule is CCC(C)(C)N(C(C)=O)C1CC(=O)N(c2ccc(C)cc2)C1=O. The molecule has 5 nitrogen and oxygen atoms in total. The van der Waals surface area contributed by atoms with Crippen LogP contribution < -0.4 is 4.90 Å². The smallest absolute Gasteiger partial charge is 0.257 e. The summed E-state index contributed by atoms with van der Waals surface area (Å²) in [4.78, 5) is 40.1. The van der Waals surface area contributed by atoms with Crippen molar-refractivity contribution < 1.29 is 14.4 Å². The van der Waals surface area contributed by atoms with Crippen LogP contribution in [0.4, 0.5) is 5.69 Å². The predicted molar refractivity (Wildman–Crippen MR) is 89.0 cm³/mol. The summed E-state index contributed by atoms with van der Waals surface area (Å²) in [6, 6.07) is 6.52. The summed E-state index contributed by atoms with van der Waals surface area (Å²) in [5.74, 6) is -0.772. The predicted octanol–water partition coefficient (Wildman–Crippen LogP) is 2.66. The first-order valence-electron chi connectivity index (χ1n) is 7.92. The highest BCUT2D eigenvalue weighted by molar-refractivity contribution is 6.23. The normalized spacial score (nSPS) is 18.5. The van der Waals surface area contributed by atoms with E-state index in [0.29, 0.717) is 12.1 Å². The number of anilines is 1. The highest BCUT2D eigenvalue weighted by atomic mass is 16.2. The van der Waals surface area contributed by atoms with Crippen molar-refractivity contribution in [1.82, 2.24) is 4.90 Å². The Bertz CT molecular complexity index is 634. The Balaban J connectivity index is 2.36. The van der Waals surface area contributed by atoms with Gasteiger partial charge in [-0.05, 0) is 39.3 Å². The maximum Gasteiger partial charge on any atom is 0.257 e. The molecular formula is C18H24N2O3. The van der Waals surface area contributed by atoms with Crippen LogP contribution >= 0.6 is 0 Å². The van der Waals surface area contributed by atoms with Crippen molar-refractivity contribution in [1.29, 1.82) is 0 Å². The molecule has 1 aliphatic heterocycles. The number of carbonyl (C=O) groups is 3. The molecule has 2 rings (SSSR count). The zero-order chi connectivity index (χ0) is 17.4. The van der Waals surface area contributed by atoms with Gasteiger partial charge in [-0.1, -0.05) is 24.6 Å². The largest absolute Gasteiger partial charge is 0.325 e. The van der Waals surface area contributed by atoms with E-state index in [-0.39, 0.29) is 24.1 Å². The first-order valence-corrected chi connectivity index (χ1v) is 7.92. The summed E-state index contributed by atoms with van der Waals surface area (Å²) in [5.41, 5.74) is 1.14. The second-order valence-electron chi connectivity index (χ2n) is 6.68. The van der Waals surface area contributed by atoms with E-state index in [2.05, 4.69) is 0 Å². The van der Waals surface area contributed by atoms with Crippen LogP contribution in [0, 0.1) is 6.92 Å². The number of nitrogens with zero attached hydrogens (tertiary/aromatic N) is 2. The van der Waals surface area contributed by atoms with Gasteiger partial charge in [-0.25, -0.2) is 4.90 Å². The van der Waals surface area contributed by atoms with Gasteiger partial charge in [0.2, 0.25) is 11.8 Å². The van der Waals surface area contributed by atoms with Crippen molar-refractivity contribution in [3.8, 4) is 0 Å². The monoisotopic (exact) mass is 316 g/mol. The average molecular weight is 316 g/mol. The van der Waals surface area contributed by atoms with Gasteiger partial charge in [0.25, 0.3) is 5.91 Å². The van der Waals surface area contributed by atoms with Crippen molar-refractivity contribution in [2.45, 2.75) is 59.0 Å². The van der Waals surface area contributed by atoms with Crippen molar-refractivity contribution >= 4 is 23.4 Å². The quantitative estimate of drug-likeness (QED) is 0.802. The van der Waals surface area contributed by atoms with E-state index < -0.39 is 11.6 Å². The van der Waals surface area contributed by atoms with Crippen molar-refractivity contribution in [2.75, 3.05) is 4.90 Å². The Morgan fingerprint density at radius 3 is 2.30 bits per heavy atom. The Morgan fingerprint density at radius 1 is 1.26 bits per heavy atom. The molecule has 1 aromatic carbocycles. The van der Waals surface area contributed by atoms with Crippen LogP contribution in [0.3, 0.4) is 0 Å². The number of imide groups is 1. The lowest BCUT2D eigenvalue weighted by Crippen LogP contribution is -2.54. The van der Waals surface area contributed by atoms with Crippen molar-refractivity contribution in [3.05, 3.63) is 29.8 Å². The number of hydrogen-bond donors (Lipinski definition) is 0. The molecule has 0 saturated carbocycles. The molecule has 3 amide bonds. The molecule has 1 aromatic rings. The Kier molecular flexibility index (Phi) is 4.59. The van der Waals surface area contributed by atoms with Gasteiger partial charge in [-0.15, -0.1) is 0 Å². The first kappa shape index (κ1) is 17.2. The molecule has 0 bridgehead atoms. The molecule has 1 aliphatic rings. The fourth-order valence-corrected chi connectivity index (χ4v) is 3.02. The Morgan fingerprint density at radius 2 is 1.83 bits per heavy atom. The third kappa shape index (κ3) is 3.14. The molecule has 0 aromatic heterocycles. The van der Waals surface area contributed by atoms with Crippen LogP contribution in [-0.2, 0) is 14.4 Å². The van der Waals surface area contributed by atoms with E-state index in [1.807, 2.05) is 39.8 Å². The molecule has 1 atom stereocenters. The molecule has 124 valence electrons. The molecule has 0 aliphatic carbocycles. The van der Waals surface area contributed by atoms with Crippen LogP contribution in [-0.4, -0.2) is 34.2 Å². The van der Waals surface area contributed by atoms with Gasteiger partial charge in [0.05, 0.1) is 12.1 Å². The zero-order valence-corrected chi connectivity index (χ0v) is 14.4. The molecular weight excluding hydrogens is 292 g/mol. The van der Waals surface area contributed by atoms with E-state index >= 15 is 0 Å². The van der Waals surface area contributed by atoms with Crippen LogP contribution in [0.1, 0.15) is 46.1 Å². The van der Waals surface area contributed by atoms with Gasteiger partial charge < -0.3 is 4.90 Å². The maximum atomic E-state index is 12.8. The van der Waals surface area contributed by atoms with Gasteiger partial charge in [0.15, 0.2) is 0 Å². The molecule has 0 radical (unpaired) electrons. The van der Waals surface area contributed by atoms with Crippen LogP contribution in [0.25, 0.3) is 0 Å². The van der Waals surface area contributed by atoms with Gasteiger partial charge in [0.1, 0.15) is 6.04 Å². The van der Waals surface area contributed by atoms with E-state index in [1.165, 1.54) is 11.8 Å². The van der Waals surface area contributed by atoms with Crippen molar-refractivity contribution in [2.24, 2.45) is 0 Å². The number of aryl methyl sites for hydroxylation is 1. The van der Waals surface area contributed by atoms with Gasteiger partial charge >= 0.3 is 0 Å². The molecule has 1 saturated heterocycles. The molecule has 23 heavy (non-hydrogen) atoms. The van der Waals surface area contributed by atoms with E-state index in [0.717, 1.165) is 5.56 Å². The molecule has 1 heterocycles. The molecule has 1 fully saturated rings. The summed E-state index contributed by atoms with van der Waals surface area (Å²) in [5, 5.41) is 0. The fourth-order valence-electron chi connectivity index (χ4n) is 3.02. The molecule has 0 N–H and O–H groups in total. The second-order valence-corrected chi connectivity index (χ2v) is 6.68. The zero-order valence-electron chi connectivity index (χ0n) is 14.4. The third-order valence-electron chi connectivity index (χ3n) is 4.58. The van der Waals surface area contributed by atoms with Gasteiger partial charge in [-0.3, -0.25) is 14.4 Å². The maximum absolute atomic E-state index is 12.8. The lowest BCUT2D eigenvalue weighted by atomic mass is 9.96. The van der Waals surface area contributed by atoms with Gasteiger partial charge in [-0.2, -0.15) is 0 Å². The van der Waals surface area contributed by atoms with Crippen molar-refractivity contribution in [3.63, 3.8) is 0 Å². The lowest BCUT2D eigenvalue weighted by Gasteiger charge is -2.40. The summed E-state index contributed by atoms with van der Waals surface area (Å²) >= 11 is 0. The first-order chi connectivity index (χ1) is 10.7. The summed E-state index contributed by atoms with van der Waals surface area (Å²) in [6.45, 7) is 9.20. The number of carbonyl (C=O) groups excluding carboxylic acids is 3. The lowest BCUT2D eigenvalue weighted by molar-refractivity contribution is -0.142. The van der Waals surface area contributed by atoms with E-state index in [4.69, 9.17) is 0 Å². The molecule has 0 spiro atoms. The summed E-state index contributed by atoms with van der Waals surface area (Å²) in [6.07, 6.45) is 0.741. The minimum absolute atomic E-state index is 0.0374. The van der Waals surface area contributed by atoms with Crippen LogP contribution in [0.15, 0.2) is 24.3 Å². The number of rotatable bonds is 4. The summed E-state index contributed by atoms with van der Waals surface area (Å²) in [7, 11) is 0. The minimum Gasteiger partial charge on any atom is -0.325 e. The number of amides is 3. The van der Waals surface area contributed by atoms with E-state index in [1.54, 1.807) is 17.0 Å². The Labute approximate surface area is 137 Å².